The summed E-state index contributed by atoms with van der Waals surface area (Å²) in [5.74, 6) is 0. The molecule has 25 heavy (non-hydrogen) atoms. The lowest BCUT2D eigenvalue weighted by Gasteiger charge is -2.25. The fourth-order valence-electron chi connectivity index (χ4n) is 3.50. The Morgan fingerprint density at radius 3 is 2.20 bits per heavy atom. The van der Waals surface area contributed by atoms with Gasteiger partial charge in [0.25, 0.3) is 0 Å². The van der Waals surface area contributed by atoms with E-state index in [2.05, 4.69) is 32.1 Å². The minimum Gasteiger partial charge on any atom is -0.373 e. The quantitative estimate of drug-likeness (QED) is 0.637. The predicted molar refractivity (Wildman–Crippen MR) is 102 cm³/mol. The third-order valence-electron chi connectivity index (χ3n) is 5.32. The molecule has 1 aromatic rings. The lowest BCUT2D eigenvalue weighted by Crippen LogP contribution is -2.47. The van der Waals surface area contributed by atoms with Gasteiger partial charge in [-0.25, -0.2) is 0 Å². The Balaban J connectivity index is 0.00000182. The average Bonchev–Trinajstić information content (AvgIpc) is 3.42. The van der Waals surface area contributed by atoms with Gasteiger partial charge in [-0.3, -0.25) is 0 Å². The van der Waals surface area contributed by atoms with Crippen molar-refractivity contribution in [3.63, 3.8) is 0 Å². The van der Waals surface area contributed by atoms with Gasteiger partial charge < -0.3 is 20.9 Å². The van der Waals surface area contributed by atoms with Crippen molar-refractivity contribution in [2.75, 3.05) is 13.2 Å². The molecular formula is C21H30N2O2. The lowest BCUT2D eigenvalue weighted by molar-refractivity contribution is 0.401. The Bertz CT molecular complexity index is 726. The van der Waals surface area contributed by atoms with Crippen LogP contribution in [0.4, 0.5) is 0 Å². The van der Waals surface area contributed by atoms with E-state index in [1.165, 1.54) is 33.4 Å². The zero-order chi connectivity index (χ0) is 16.9. The highest BCUT2D eigenvalue weighted by Gasteiger charge is 2.31. The van der Waals surface area contributed by atoms with Crippen LogP contribution in [0.2, 0.25) is 0 Å². The summed E-state index contributed by atoms with van der Waals surface area (Å²) in [6, 6.07) is 2.31. The summed E-state index contributed by atoms with van der Waals surface area (Å²) in [5.41, 5.74) is 19.4. The van der Waals surface area contributed by atoms with Crippen LogP contribution >= 0.6 is 0 Å². The summed E-state index contributed by atoms with van der Waals surface area (Å²) in [6.07, 6.45) is 9.53. The van der Waals surface area contributed by atoms with Crippen molar-refractivity contribution in [3.8, 4) is 0 Å². The largest absolute Gasteiger partial charge is 0.373 e. The van der Waals surface area contributed by atoms with E-state index in [0.717, 1.165) is 26.1 Å². The van der Waals surface area contributed by atoms with Crippen LogP contribution in [-0.2, 0) is 22.3 Å². The molecule has 2 aliphatic heterocycles. The molecule has 0 amide bonds. The van der Waals surface area contributed by atoms with Crippen LogP contribution in [0.5, 0.6) is 0 Å². The fraction of sp³-hybridized carbons (Fsp3) is 0.524. The lowest BCUT2D eigenvalue weighted by atomic mass is 9.83. The number of epoxide rings is 2. The maximum absolute atomic E-state index is 6.01. The molecule has 4 N–H and O–H groups in total. The number of nitrogens with two attached hydrogens (primary N) is 2. The van der Waals surface area contributed by atoms with E-state index in [0.29, 0.717) is 18.6 Å². The van der Waals surface area contributed by atoms with Crippen LogP contribution in [0.1, 0.15) is 41.7 Å². The Labute approximate surface area is 150 Å². The summed E-state index contributed by atoms with van der Waals surface area (Å²) in [5, 5.41) is 0. The molecule has 2 heterocycles. The standard InChI is InChI=1S/C20H26N2O2.CH4/c1-12-7-18(14-3-5-20(21,22)6-4-14)19(9-16-11-24-16)17(13(12)2)8-15-10-23-15;/h3-5,7,15-16H,6,8-11,21-22H2,1-2H3;1H4. The van der Waals surface area contributed by atoms with Crippen molar-refractivity contribution in [2.45, 2.75) is 58.4 Å². The second-order valence-corrected chi connectivity index (χ2v) is 7.45. The number of hydrogen-bond donors (Lipinski definition) is 2. The minimum atomic E-state index is -0.728. The van der Waals surface area contributed by atoms with Gasteiger partial charge in [-0.05, 0) is 53.3 Å². The number of benzene rings is 1. The number of rotatable bonds is 5. The molecule has 2 saturated heterocycles. The Morgan fingerprint density at radius 1 is 1.08 bits per heavy atom. The maximum Gasteiger partial charge on any atom is 0.0867 e. The van der Waals surface area contributed by atoms with Crippen LogP contribution in [0, 0.1) is 13.8 Å². The van der Waals surface area contributed by atoms with Crippen LogP contribution in [-0.4, -0.2) is 31.1 Å². The van der Waals surface area contributed by atoms with Crippen LogP contribution in [0.25, 0.3) is 5.57 Å². The molecule has 4 nitrogen and oxygen atoms in total. The molecule has 1 aliphatic carbocycles. The number of hydrogen-bond acceptors (Lipinski definition) is 4. The highest BCUT2D eigenvalue weighted by molar-refractivity contribution is 5.79. The van der Waals surface area contributed by atoms with Crippen molar-refractivity contribution in [1.82, 2.24) is 0 Å². The maximum atomic E-state index is 6.01. The van der Waals surface area contributed by atoms with E-state index in [9.17, 15) is 0 Å². The molecule has 0 bridgehead atoms. The van der Waals surface area contributed by atoms with Crippen LogP contribution < -0.4 is 11.5 Å². The zero-order valence-electron chi connectivity index (χ0n) is 14.5. The molecule has 2 atom stereocenters. The Kier molecular flexibility index (Phi) is 4.91. The van der Waals surface area contributed by atoms with E-state index in [1.54, 1.807) is 0 Å². The van der Waals surface area contributed by atoms with E-state index >= 15 is 0 Å². The summed E-state index contributed by atoms with van der Waals surface area (Å²) < 4.78 is 11.0. The van der Waals surface area contributed by atoms with E-state index in [1.807, 2.05) is 6.08 Å². The van der Waals surface area contributed by atoms with Gasteiger partial charge in [-0.2, -0.15) is 0 Å². The van der Waals surface area contributed by atoms with E-state index in [-0.39, 0.29) is 7.43 Å². The van der Waals surface area contributed by atoms with E-state index in [4.69, 9.17) is 20.9 Å². The summed E-state index contributed by atoms with van der Waals surface area (Å²) in [4.78, 5) is 0. The van der Waals surface area contributed by atoms with Crippen molar-refractivity contribution >= 4 is 5.57 Å². The molecule has 0 saturated carbocycles. The first-order valence-corrected chi connectivity index (χ1v) is 8.75. The summed E-state index contributed by atoms with van der Waals surface area (Å²) in [7, 11) is 0. The van der Waals surface area contributed by atoms with Gasteiger partial charge >= 0.3 is 0 Å². The van der Waals surface area contributed by atoms with Gasteiger partial charge in [0.05, 0.1) is 31.1 Å². The molecule has 1 aromatic carbocycles. The van der Waals surface area contributed by atoms with Gasteiger partial charge in [0.1, 0.15) is 0 Å². The first kappa shape index (κ1) is 18.3. The highest BCUT2D eigenvalue weighted by Crippen LogP contribution is 2.35. The van der Waals surface area contributed by atoms with Crippen LogP contribution in [0.3, 0.4) is 0 Å². The molecule has 0 aromatic heterocycles. The number of aryl methyl sites for hydroxylation is 1. The molecule has 2 fully saturated rings. The average molecular weight is 342 g/mol. The van der Waals surface area contributed by atoms with Crippen molar-refractivity contribution in [3.05, 3.63) is 52.1 Å². The first-order chi connectivity index (χ1) is 11.4. The fourth-order valence-corrected chi connectivity index (χ4v) is 3.50. The van der Waals surface area contributed by atoms with Gasteiger partial charge in [0, 0.05) is 19.3 Å². The number of ether oxygens (including phenoxy) is 2. The molecule has 3 aliphatic rings. The second kappa shape index (κ2) is 6.69. The number of allylic oxidation sites excluding steroid dienone is 2. The van der Waals surface area contributed by atoms with Gasteiger partial charge in [-0.15, -0.1) is 0 Å². The van der Waals surface area contributed by atoms with E-state index < -0.39 is 5.66 Å². The Morgan fingerprint density at radius 2 is 1.68 bits per heavy atom. The topological polar surface area (TPSA) is 77.1 Å². The second-order valence-electron chi connectivity index (χ2n) is 7.45. The van der Waals surface area contributed by atoms with Crippen molar-refractivity contribution < 1.29 is 9.47 Å². The smallest absolute Gasteiger partial charge is 0.0867 e. The summed E-state index contributed by atoms with van der Waals surface area (Å²) in [6.45, 7) is 6.17. The molecular weight excluding hydrogens is 312 g/mol. The summed E-state index contributed by atoms with van der Waals surface area (Å²) >= 11 is 0. The molecule has 0 radical (unpaired) electrons. The minimum absolute atomic E-state index is 0. The van der Waals surface area contributed by atoms with Gasteiger partial charge in [-0.1, -0.05) is 25.6 Å². The monoisotopic (exact) mass is 342 g/mol. The molecule has 0 spiro atoms. The normalized spacial score (nSPS) is 26.0. The molecule has 136 valence electrons. The molecule has 4 rings (SSSR count). The third-order valence-corrected chi connectivity index (χ3v) is 5.32. The zero-order valence-corrected chi connectivity index (χ0v) is 14.5. The third kappa shape index (κ3) is 4.04. The molecule has 4 heteroatoms. The van der Waals surface area contributed by atoms with Crippen LogP contribution in [0.15, 0.2) is 24.3 Å². The Hall–Kier alpha value is -1.46. The van der Waals surface area contributed by atoms with Crippen molar-refractivity contribution in [2.24, 2.45) is 11.5 Å². The van der Waals surface area contributed by atoms with Gasteiger partial charge in [0.15, 0.2) is 0 Å². The van der Waals surface area contributed by atoms with Crippen molar-refractivity contribution in [1.29, 1.82) is 0 Å². The first-order valence-electron chi connectivity index (χ1n) is 8.75. The molecule has 2 unspecified atom stereocenters. The van der Waals surface area contributed by atoms with Gasteiger partial charge in [0.2, 0.25) is 0 Å². The predicted octanol–water partition coefficient (Wildman–Crippen LogP) is 2.78. The SMILES string of the molecule is C.Cc1cc(C2=CCC(N)(N)C=C2)c(CC2CO2)c(CC2CO2)c1C. The highest BCUT2D eigenvalue weighted by atomic mass is 16.6.